The number of aromatic nitrogens is 4. The number of ketones is 1. The van der Waals surface area contributed by atoms with E-state index in [0.717, 1.165) is 25.9 Å². The van der Waals surface area contributed by atoms with Crippen LogP contribution in [0.5, 0.6) is 0 Å². The highest BCUT2D eigenvalue weighted by atomic mass is 35.5. The standard InChI is InChI=1S/C19H15ClN6O2/c20-13-10-22-19(26-7-3-4-8-26)24-15(13)16(27)12(9-21)17-23-14-6-2-1-5-11(14)18(28)25-17/h1-2,5-6,10,12H,3-4,7-8H2,(H,23,25,28). The fourth-order valence-electron chi connectivity index (χ4n) is 3.22. The molecule has 1 fully saturated rings. The molecule has 8 nitrogen and oxygen atoms in total. The van der Waals surface area contributed by atoms with Crippen molar-refractivity contribution in [2.45, 2.75) is 18.8 Å². The fraction of sp³-hybridized carbons (Fsp3) is 0.263. The summed E-state index contributed by atoms with van der Waals surface area (Å²) >= 11 is 6.15. The molecule has 140 valence electrons. The number of para-hydroxylation sites is 1. The lowest BCUT2D eigenvalue weighted by Crippen LogP contribution is -2.24. The molecule has 0 bridgehead atoms. The maximum Gasteiger partial charge on any atom is 0.258 e. The van der Waals surface area contributed by atoms with E-state index >= 15 is 0 Å². The van der Waals surface area contributed by atoms with Gasteiger partial charge < -0.3 is 9.88 Å². The van der Waals surface area contributed by atoms with Crippen molar-refractivity contribution in [2.75, 3.05) is 18.0 Å². The summed E-state index contributed by atoms with van der Waals surface area (Å²) in [6.45, 7) is 1.60. The van der Waals surface area contributed by atoms with Gasteiger partial charge in [-0.05, 0) is 25.0 Å². The third-order valence-corrected chi connectivity index (χ3v) is 4.93. The second-order valence-corrected chi connectivity index (χ2v) is 6.86. The molecule has 0 radical (unpaired) electrons. The predicted molar refractivity (Wildman–Crippen MR) is 104 cm³/mol. The fourth-order valence-corrected chi connectivity index (χ4v) is 3.41. The van der Waals surface area contributed by atoms with E-state index in [1.807, 2.05) is 11.0 Å². The van der Waals surface area contributed by atoms with Crippen molar-refractivity contribution in [1.29, 1.82) is 5.26 Å². The molecule has 4 rings (SSSR count). The van der Waals surface area contributed by atoms with E-state index in [4.69, 9.17) is 11.6 Å². The minimum atomic E-state index is -1.34. The van der Waals surface area contributed by atoms with E-state index in [1.165, 1.54) is 6.20 Å². The highest BCUT2D eigenvalue weighted by Crippen LogP contribution is 2.25. The number of hydrogen-bond donors (Lipinski definition) is 1. The van der Waals surface area contributed by atoms with Crippen molar-refractivity contribution < 1.29 is 4.79 Å². The molecule has 0 aliphatic carbocycles. The quantitative estimate of drug-likeness (QED) is 0.675. The Kier molecular flexibility index (Phi) is 4.75. The number of nitrogens with zero attached hydrogens (tertiary/aromatic N) is 5. The summed E-state index contributed by atoms with van der Waals surface area (Å²) in [5.41, 5.74) is -0.0676. The van der Waals surface area contributed by atoms with Gasteiger partial charge in [-0.3, -0.25) is 9.59 Å². The normalized spacial score (nSPS) is 14.8. The van der Waals surface area contributed by atoms with Gasteiger partial charge >= 0.3 is 0 Å². The number of nitriles is 1. The molecular weight excluding hydrogens is 380 g/mol. The van der Waals surface area contributed by atoms with Gasteiger partial charge in [0.2, 0.25) is 11.7 Å². The van der Waals surface area contributed by atoms with Gasteiger partial charge in [-0.25, -0.2) is 15.0 Å². The Hall–Kier alpha value is -3.31. The molecule has 1 N–H and O–H groups in total. The van der Waals surface area contributed by atoms with Gasteiger partial charge in [-0.15, -0.1) is 0 Å². The first-order valence-corrected chi connectivity index (χ1v) is 9.16. The number of hydrogen-bond acceptors (Lipinski definition) is 7. The molecule has 3 aromatic rings. The Balaban J connectivity index is 1.75. The largest absolute Gasteiger partial charge is 0.341 e. The van der Waals surface area contributed by atoms with Gasteiger partial charge in [0.05, 0.1) is 28.2 Å². The van der Waals surface area contributed by atoms with Gasteiger partial charge in [0.1, 0.15) is 11.5 Å². The Labute approximate surface area is 164 Å². The van der Waals surface area contributed by atoms with E-state index in [0.29, 0.717) is 16.9 Å². The van der Waals surface area contributed by atoms with E-state index in [-0.39, 0.29) is 16.5 Å². The Bertz CT molecular complexity index is 1160. The van der Waals surface area contributed by atoms with Crippen LogP contribution in [0, 0.1) is 11.3 Å². The molecule has 9 heteroatoms. The van der Waals surface area contributed by atoms with Crippen LogP contribution in [0.25, 0.3) is 10.9 Å². The summed E-state index contributed by atoms with van der Waals surface area (Å²) in [6.07, 6.45) is 3.41. The summed E-state index contributed by atoms with van der Waals surface area (Å²) in [5.74, 6) is -1.60. The molecule has 1 atom stereocenters. The number of anilines is 1. The Morgan fingerprint density at radius 3 is 2.75 bits per heavy atom. The number of aromatic amines is 1. The van der Waals surface area contributed by atoms with Crippen molar-refractivity contribution >= 4 is 34.2 Å². The summed E-state index contributed by atoms with van der Waals surface area (Å²) in [5, 5.41) is 10.0. The SMILES string of the molecule is N#CC(C(=O)c1nc(N2CCCC2)ncc1Cl)c1nc2ccccc2c(=O)[nH]1. The molecule has 2 aromatic heterocycles. The smallest absolute Gasteiger partial charge is 0.258 e. The first-order valence-electron chi connectivity index (χ1n) is 8.79. The zero-order valence-corrected chi connectivity index (χ0v) is 15.5. The highest BCUT2D eigenvalue weighted by Gasteiger charge is 2.29. The van der Waals surface area contributed by atoms with Crippen LogP contribution in [0.3, 0.4) is 0 Å². The van der Waals surface area contributed by atoms with Gasteiger partial charge in [0.25, 0.3) is 5.56 Å². The van der Waals surface area contributed by atoms with Crippen LogP contribution >= 0.6 is 11.6 Å². The zero-order valence-electron chi connectivity index (χ0n) is 14.7. The number of carbonyl (C=O) groups excluding carboxylic acids is 1. The topological polar surface area (TPSA) is 116 Å². The maximum atomic E-state index is 13.0. The molecule has 0 amide bonds. The van der Waals surface area contributed by atoms with Crippen molar-refractivity contribution in [2.24, 2.45) is 0 Å². The molecule has 3 heterocycles. The summed E-state index contributed by atoms with van der Waals surface area (Å²) in [4.78, 5) is 42.6. The number of halogens is 1. The summed E-state index contributed by atoms with van der Waals surface area (Å²) in [7, 11) is 0. The van der Waals surface area contributed by atoms with E-state index in [1.54, 1.807) is 24.3 Å². The van der Waals surface area contributed by atoms with Crippen LogP contribution in [-0.2, 0) is 0 Å². The molecule has 0 saturated carbocycles. The molecule has 1 unspecified atom stereocenters. The maximum absolute atomic E-state index is 13.0. The lowest BCUT2D eigenvalue weighted by atomic mass is 10.0. The van der Waals surface area contributed by atoms with Crippen LogP contribution in [0.2, 0.25) is 5.02 Å². The highest BCUT2D eigenvalue weighted by molar-refractivity contribution is 6.33. The van der Waals surface area contributed by atoms with Gasteiger partial charge in [0, 0.05) is 13.1 Å². The molecular formula is C19H15ClN6O2. The molecule has 1 aliphatic heterocycles. The third kappa shape index (κ3) is 3.21. The monoisotopic (exact) mass is 394 g/mol. The van der Waals surface area contributed by atoms with Crippen molar-refractivity contribution in [1.82, 2.24) is 19.9 Å². The van der Waals surface area contributed by atoms with E-state index < -0.39 is 17.3 Å². The van der Waals surface area contributed by atoms with Crippen LogP contribution < -0.4 is 10.5 Å². The van der Waals surface area contributed by atoms with Crippen LogP contribution in [0.4, 0.5) is 5.95 Å². The minimum absolute atomic E-state index is 0.0337. The molecule has 28 heavy (non-hydrogen) atoms. The minimum Gasteiger partial charge on any atom is -0.341 e. The van der Waals surface area contributed by atoms with E-state index in [9.17, 15) is 14.9 Å². The van der Waals surface area contributed by atoms with Gasteiger partial charge in [-0.2, -0.15) is 5.26 Å². The first kappa shape index (κ1) is 18.1. The van der Waals surface area contributed by atoms with Crippen molar-refractivity contribution in [3.05, 3.63) is 57.4 Å². The average Bonchev–Trinajstić information content (AvgIpc) is 3.24. The number of nitrogens with one attached hydrogen (secondary N) is 1. The number of fused-ring (bicyclic) bond motifs is 1. The lowest BCUT2D eigenvalue weighted by Gasteiger charge is -2.16. The first-order chi connectivity index (χ1) is 13.6. The lowest BCUT2D eigenvalue weighted by molar-refractivity contribution is 0.0971. The summed E-state index contributed by atoms with van der Waals surface area (Å²) in [6, 6.07) is 8.62. The number of carbonyl (C=O) groups is 1. The molecule has 1 saturated heterocycles. The molecule has 0 spiro atoms. The van der Waals surface area contributed by atoms with Crippen molar-refractivity contribution in [3.8, 4) is 6.07 Å². The average molecular weight is 395 g/mol. The van der Waals surface area contributed by atoms with Gasteiger partial charge in [0.15, 0.2) is 5.92 Å². The van der Waals surface area contributed by atoms with Crippen LogP contribution in [0.15, 0.2) is 35.3 Å². The molecule has 1 aromatic carbocycles. The summed E-state index contributed by atoms with van der Waals surface area (Å²) < 4.78 is 0. The van der Waals surface area contributed by atoms with Crippen LogP contribution in [-0.4, -0.2) is 38.8 Å². The Morgan fingerprint density at radius 2 is 2.00 bits per heavy atom. The third-order valence-electron chi connectivity index (χ3n) is 4.65. The van der Waals surface area contributed by atoms with E-state index in [2.05, 4.69) is 19.9 Å². The Morgan fingerprint density at radius 1 is 1.25 bits per heavy atom. The predicted octanol–water partition coefficient (Wildman–Crippen LogP) is 2.46. The zero-order chi connectivity index (χ0) is 19.7. The number of rotatable bonds is 4. The number of benzene rings is 1. The van der Waals surface area contributed by atoms with Gasteiger partial charge in [-0.1, -0.05) is 23.7 Å². The molecule has 1 aliphatic rings. The number of H-pyrrole nitrogens is 1. The second-order valence-electron chi connectivity index (χ2n) is 6.46. The number of Topliss-reactive ketones (excluding diaryl/α,β-unsaturated/α-hetero) is 1. The van der Waals surface area contributed by atoms with Crippen LogP contribution in [0.1, 0.15) is 35.1 Å². The van der Waals surface area contributed by atoms with Crippen molar-refractivity contribution in [3.63, 3.8) is 0 Å². The second kappa shape index (κ2) is 7.37.